The Kier molecular flexibility index (Phi) is 4.10. The molecule has 0 aliphatic rings. The smallest absolute Gasteiger partial charge is 0.0627 e. The fourth-order valence-electron chi connectivity index (χ4n) is 7.18. The van der Waals surface area contributed by atoms with E-state index < -0.39 is 0 Å². The number of benzene rings is 7. The van der Waals surface area contributed by atoms with Crippen LogP contribution in [-0.2, 0) is 0 Å². The minimum absolute atomic E-state index is 1.17. The summed E-state index contributed by atoms with van der Waals surface area (Å²) in [5, 5.41) is 12.8. The highest BCUT2D eigenvalue weighted by Crippen LogP contribution is 2.47. The van der Waals surface area contributed by atoms with Gasteiger partial charge in [-0.2, -0.15) is 0 Å². The number of hydrogen-bond donors (Lipinski definition) is 1. The van der Waals surface area contributed by atoms with Crippen molar-refractivity contribution in [2.45, 2.75) is 0 Å². The lowest BCUT2D eigenvalue weighted by Gasteiger charge is -2.12. The van der Waals surface area contributed by atoms with Crippen LogP contribution in [0.3, 0.4) is 0 Å². The van der Waals surface area contributed by atoms with E-state index in [9.17, 15) is 0 Å². The normalized spacial score (nSPS) is 12.4. The third-order valence-electron chi connectivity index (χ3n) is 8.88. The lowest BCUT2D eigenvalue weighted by atomic mass is 9.98. The average molecular weight is 539 g/mol. The van der Waals surface area contributed by atoms with Gasteiger partial charge in [0, 0.05) is 69.1 Å². The molecule has 7 aromatic carbocycles. The highest BCUT2D eigenvalue weighted by Gasteiger charge is 2.23. The number of para-hydroxylation sites is 1. The maximum Gasteiger partial charge on any atom is 0.0627 e. The summed E-state index contributed by atoms with van der Waals surface area (Å²) in [6.07, 6.45) is 0. The minimum atomic E-state index is 1.17. The predicted molar refractivity (Wildman–Crippen MR) is 178 cm³/mol. The van der Waals surface area contributed by atoms with Crippen LogP contribution in [0, 0.1) is 0 Å². The monoisotopic (exact) mass is 538 g/mol. The lowest BCUT2D eigenvalue weighted by Crippen LogP contribution is -1.95. The van der Waals surface area contributed by atoms with Gasteiger partial charge in [0.25, 0.3) is 0 Å². The van der Waals surface area contributed by atoms with E-state index in [4.69, 9.17) is 0 Å². The topological polar surface area (TPSA) is 20.7 Å². The van der Waals surface area contributed by atoms with Gasteiger partial charge in [-0.1, -0.05) is 97.1 Å². The highest BCUT2D eigenvalue weighted by atomic mass is 32.1. The zero-order valence-corrected chi connectivity index (χ0v) is 22.8. The van der Waals surface area contributed by atoms with Crippen molar-refractivity contribution in [1.29, 1.82) is 0 Å². The first-order valence-corrected chi connectivity index (χ1v) is 14.9. The number of fused-ring (bicyclic) bond motifs is 15. The van der Waals surface area contributed by atoms with Crippen LogP contribution in [0.2, 0.25) is 0 Å². The Morgan fingerprint density at radius 3 is 2.07 bits per heavy atom. The molecule has 0 unspecified atom stereocenters. The predicted octanol–water partition coefficient (Wildman–Crippen LogP) is 11.1. The molecule has 3 heterocycles. The van der Waals surface area contributed by atoms with E-state index in [1.54, 1.807) is 0 Å². The summed E-state index contributed by atoms with van der Waals surface area (Å²) in [5.41, 5.74) is 6.11. The zero-order chi connectivity index (χ0) is 26.7. The number of rotatable bonds is 1. The lowest BCUT2D eigenvalue weighted by molar-refractivity contribution is 1.20. The van der Waals surface area contributed by atoms with Crippen LogP contribution in [0.25, 0.3) is 91.0 Å². The molecule has 0 aliphatic carbocycles. The Balaban J connectivity index is 1.52. The second kappa shape index (κ2) is 7.75. The quantitative estimate of drug-likeness (QED) is 0.215. The van der Waals surface area contributed by atoms with E-state index in [-0.39, 0.29) is 0 Å². The Hall–Kier alpha value is -5.12. The average Bonchev–Trinajstić information content (AvgIpc) is 3.70. The van der Waals surface area contributed by atoms with Crippen molar-refractivity contribution in [3.63, 3.8) is 0 Å². The summed E-state index contributed by atoms with van der Waals surface area (Å²) in [5.74, 6) is 0. The molecule has 10 rings (SSSR count). The second-order valence-electron chi connectivity index (χ2n) is 11.0. The first-order valence-electron chi connectivity index (χ1n) is 14.0. The Bertz CT molecular complexity index is 2700. The van der Waals surface area contributed by atoms with Crippen LogP contribution >= 0.6 is 11.3 Å². The van der Waals surface area contributed by atoms with Gasteiger partial charge in [0.05, 0.1) is 16.6 Å². The third kappa shape index (κ3) is 2.76. The SMILES string of the molecule is c1ccc2c(c1)ccc1c3c4c5ccccc5[nH]c4c4ccccc4c3n(-c3ccc4sc5ccccc5c4c3)c21. The molecule has 0 aliphatic heterocycles. The molecule has 0 atom stereocenters. The van der Waals surface area contributed by atoms with Gasteiger partial charge in [-0.25, -0.2) is 0 Å². The molecule has 0 bridgehead atoms. The van der Waals surface area contributed by atoms with Crippen LogP contribution in [0.4, 0.5) is 0 Å². The second-order valence-corrected chi connectivity index (χ2v) is 12.1. The zero-order valence-electron chi connectivity index (χ0n) is 22.0. The number of nitrogens with one attached hydrogen (secondary N) is 1. The van der Waals surface area contributed by atoms with E-state index in [1.807, 2.05) is 11.3 Å². The molecule has 0 saturated carbocycles. The van der Waals surface area contributed by atoms with Gasteiger partial charge in [-0.3, -0.25) is 0 Å². The van der Waals surface area contributed by atoms with Crippen LogP contribution in [-0.4, -0.2) is 9.55 Å². The Morgan fingerprint density at radius 1 is 0.463 bits per heavy atom. The van der Waals surface area contributed by atoms with Crippen molar-refractivity contribution < 1.29 is 0 Å². The first-order chi connectivity index (χ1) is 20.3. The molecule has 10 aromatic rings. The van der Waals surface area contributed by atoms with E-state index in [0.29, 0.717) is 0 Å². The number of aromatic amines is 1. The minimum Gasteiger partial charge on any atom is -0.354 e. The van der Waals surface area contributed by atoms with Gasteiger partial charge in [-0.15, -0.1) is 11.3 Å². The van der Waals surface area contributed by atoms with Gasteiger partial charge in [0.15, 0.2) is 0 Å². The van der Waals surface area contributed by atoms with Gasteiger partial charge in [0.2, 0.25) is 0 Å². The molecular weight excluding hydrogens is 516 g/mol. The number of nitrogens with zero attached hydrogens (tertiary/aromatic N) is 1. The highest BCUT2D eigenvalue weighted by molar-refractivity contribution is 7.25. The molecule has 2 nitrogen and oxygen atoms in total. The summed E-state index contributed by atoms with van der Waals surface area (Å²) in [6, 6.07) is 46.8. The van der Waals surface area contributed by atoms with Crippen LogP contribution in [0.5, 0.6) is 0 Å². The van der Waals surface area contributed by atoms with Crippen molar-refractivity contribution in [3.8, 4) is 5.69 Å². The number of thiophene rings is 1. The molecular formula is C38H22N2S. The maximum absolute atomic E-state index is 3.80. The van der Waals surface area contributed by atoms with E-state index in [2.05, 4.69) is 137 Å². The van der Waals surface area contributed by atoms with E-state index in [0.717, 1.165) is 0 Å². The summed E-state index contributed by atoms with van der Waals surface area (Å²) in [4.78, 5) is 3.80. The molecule has 0 radical (unpaired) electrons. The van der Waals surface area contributed by atoms with Gasteiger partial charge < -0.3 is 9.55 Å². The van der Waals surface area contributed by atoms with Crippen molar-refractivity contribution >= 4 is 96.7 Å². The third-order valence-corrected chi connectivity index (χ3v) is 10.0. The Morgan fingerprint density at radius 2 is 1.17 bits per heavy atom. The van der Waals surface area contributed by atoms with Crippen LogP contribution in [0.1, 0.15) is 0 Å². The molecule has 0 saturated heterocycles. The molecule has 41 heavy (non-hydrogen) atoms. The summed E-state index contributed by atoms with van der Waals surface area (Å²) in [6.45, 7) is 0. The largest absolute Gasteiger partial charge is 0.354 e. The standard InChI is InChI=1S/C38H22N2S/c1-2-10-24-22(9-1)17-19-29-35-34-28-14-5-7-15-31(28)39-36(34)26-12-3-4-13-27(26)38(35)40(37(24)29)23-18-20-33-30(21-23)25-11-6-8-16-32(25)41-33/h1-21,39H. The van der Waals surface area contributed by atoms with Crippen LogP contribution < -0.4 is 0 Å². The molecule has 1 N–H and O–H groups in total. The number of H-pyrrole nitrogens is 1. The summed E-state index contributed by atoms with van der Waals surface area (Å²) >= 11 is 1.87. The van der Waals surface area contributed by atoms with Crippen molar-refractivity contribution in [2.75, 3.05) is 0 Å². The van der Waals surface area contributed by atoms with E-state index >= 15 is 0 Å². The molecule has 0 spiro atoms. The fraction of sp³-hybridized carbons (Fsp3) is 0. The van der Waals surface area contributed by atoms with E-state index in [1.165, 1.54) is 91.0 Å². The van der Waals surface area contributed by atoms with Crippen molar-refractivity contribution in [3.05, 3.63) is 127 Å². The van der Waals surface area contributed by atoms with Crippen LogP contribution in [0.15, 0.2) is 127 Å². The molecule has 0 fully saturated rings. The Labute approximate surface area is 238 Å². The van der Waals surface area contributed by atoms with Crippen molar-refractivity contribution in [1.82, 2.24) is 9.55 Å². The van der Waals surface area contributed by atoms with Crippen molar-refractivity contribution in [2.24, 2.45) is 0 Å². The molecule has 0 amide bonds. The first kappa shape index (κ1) is 21.7. The summed E-state index contributed by atoms with van der Waals surface area (Å²) < 4.78 is 5.20. The summed E-state index contributed by atoms with van der Waals surface area (Å²) in [7, 11) is 0. The van der Waals surface area contributed by atoms with Gasteiger partial charge >= 0.3 is 0 Å². The molecule has 3 heteroatoms. The fourth-order valence-corrected chi connectivity index (χ4v) is 8.27. The number of hydrogen-bond acceptors (Lipinski definition) is 1. The number of aromatic nitrogens is 2. The molecule has 190 valence electrons. The van der Waals surface area contributed by atoms with Gasteiger partial charge in [-0.05, 0) is 35.7 Å². The van der Waals surface area contributed by atoms with Gasteiger partial charge in [0.1, 0.15) is 0 Å². The molecule has 3 aromatic heterocycles. The maximum atomic E-state index is 3.80.